The van der Waals surface area contributed by atoms with Gasteiger partial charge >= 0.3 is 6.09 Å². The summed E-state index contributed by atoms with van der Waals surface area (Å²) in [4.78, 5) is 14.6. The molecule has 1 atom stereocenters. The molecule has 0 aromatic heterocycles. The highest BCUT2D eigenvalue weighted by molar-refractivity contribution is 5.82. The molecule has 8 heteroatoms. The lowest BCUT2D eigenvalue weighted by atomic mass is 9.97. The zero-order valence-electron chi connectivity index (χ0n) is 14.6. The lowest BCUT2D eigenvalue weighted by Crippen LogP contribution is -2.18. The van der Waals surface area contributed by atoms with Gasteiger partial charge in [0.05, 0.1) is 6.04 Å². The third-order valence-electron chi connectivity index (χ3n) is 4.29. The standard InChI is InChI=1S/C12H15N3O3.C6H10F2/c13-11-14-10(7-18-11)6-3-8-1-4-9(5-2-8)15-12(16)17;7-6(8)4-2-1-3-5-6/h1-2,4-5,10,15H,3,6-7H2,(H2,13,14)(H,16,17);1-5H2/t10-;/m0./s1. The fourth-order valence-corrected chi connectivity index (χ4v) is 2.86. The van der Waals surface area contributed by atoms with E-state index in [9.17, 15) is 13.6 Å². The average Bonchev–Trinajstić information content (AvgIpc) is 3.00. The largest absolute Gasteiger partial charge is 0.465 e. The number of ether oxygens (including phenoxy) is 1. The van der Waals surface area contributed by atoms with Gasteiger partial charge in [0.25, 0.3) is 6.02 Å². The molecule has 1 aliphatic heterocycles. The number of halogens is 2. The molecular formula is C18H25F2N3O3. The van der Waals surface area contributed by atoms with Crippen molar-refractivity contribution in [1.29, 1.82) is 0 Å². The second-order valence-corrected chi connectivity index (χ2v) is 6.51. The number of amidine groups is 1. The van der Waals surface area contributed by atoms with E-state index in [1.54, 1.807) is 12.1 Å². The van der Waals surface area contributed by atoms with E-state index in [0.29, 0.717) is 25.1 Å². The molecule has 1 heterocycles. The Bertz CT molecular complexity index is 613. The summed E-state index contributed by atoms with van der Waals surface area (Å²) in [5.74, 6) is -2.32. The van der Waals surface area contributed by atoms with Crippen LogP contribution in [0.3, 0.4) is 0 Å². The Labute approximate surface area is 151 Å². The van der Waals surface area contributed by atoms with Gasteiger partial charge in [-0.15, -0.1) is 0 Å². The summed E-state index contributed by atoms with van der Waals surface area (Å²) in [6, 6.07) is 7.67. The van der Waals surface area contributed by atoms with Crippen LogP contribution in [-0.4, -0.2) is 35.8 Å². The van der Waals surface area contributed by atoms with E-state index >= 15 is 0 Å². The van der Waals surface area contributed by atoms with Crippen LogP contribution in [0.15, 0.2) is 29.3 Å². The van der Waals surface area contributed by atoms with Crippen molar-refractivity contribution in [2.75, 3.05) is 11.9 Å². The van der Waals surface area contributed by atoms with Gasteiger partial charge in [-0.05, 0) is 43.4 Å². The molecule has 144 valence electrons. The number of alkyl halides is 2. The number of carboxylic acid groups (broad SMARTS) is 1. The molecule has 0 unspecified atom stereocenters. The topological polar surface area (TPSA) is 96.9 Å². The molecule has 1 aromatic carbocycles. The van der Waals surface area contributed by atoms with Gasteiger partial charge in [0.2, 0.25) is 5.92 Å². The van der Waals surface area contributed by atoms with Crippen LogP contribution >= 0.6 is 0 Å². The number of amides is 1. The van der Waals surface area contributed by atoms with Gasteiger partial charge in [0.15, 0.2) is 0 Å². The summed E-state index contributed by atoms with van der Waals surface area (Å²) in [6.45, 7) is 0.546. The summed E-state index contributed by atoms with van der Waals surface area (Å²) < 4.78 is 29.5. The van der Waals surface area contributed by atoms with Gasteiger partial charge in [-0.25, -0.2) is 18.6 Å². The van der Waals surface area contributed by atoms with Crippen molar-refractivity contribution in [2.24, 2.45) is 10.7 Å². The van der Waals surface area contributed by atoms with Crippen LogP contribution in [-0.2, 0) is 11.2 Å². The van der Waals surface area contributed by atoms with E-state index in [-0.39, 0.29) is 24.9 Å². The van der Waals surface area contributed by atoms with E-state index in [1.807, 2.05) is 12.1 Å². The van der Waals surface area contributed by atoms with Crippen LogP contribution in [0.1, 0.15) is 44.1 Å². The summed E-state index contributed by atoms with van der Waals surface area (Å²) in [5, 5.41) is 10.8. The number of nitrogens with one attached hydrogen (secondary N) is 1. The number of aliphatic imine (C=N–C) groups is 1. The molecule has 2 aliphatic rings. The molecule has 0 spiro atoms. The lowest BCUT2D eigenvalue weighted by molar-refractivity contribution is -0.0337. The molecule has 26 heavy (non-hydrogen) atoms. The van der Waals surface area contributed by atoms with Crippen LogP contribution in [0.4, 0.5) is 19.3 Å². The third-order valence-corrected chi connectivity index (χ3v) is 4.29. The number of anilines is 1. The Balaban J connectivity index is 0.000000254. The Morgan fingerprint density at radius 1 is 1.27 bits per heavy atom. The van der Waals surface area contributed by atoms with Gasteiger partial charge < -0.3 is 15.6 Å². The van der Waals surface area contributed by atoms with E-state index in [2.05, 4.69) is 10.3 Å². The molecule has 1 aromatic rings. The number of hydrogen-bond acceptors (Lipinski definition) is 4. The minimum Gasteiger partial charge on any atom is -0.465 e. The van der Waals surface area contributed by atoms with Crippen molar-refractivity contribution in [1.82, 2.24) is 0 Å². The molecule has 0 saturated heterocycles. The predicted molar refractivity (Wildman–Crippen MR) is 95.8 cm³/mol. The minimum absolute atomic E-state index is 0.118. The molecule has 0 radical (unpaired) electrons. The van der Waals surface area contributed by atoms with Gasteiger partial charge in [-0.2, -0.15) is 0 Å². The van der Waals surface area contributed by atoms with Crippen LogP contribution in [0.25, 0.3) is 0 Å². The van der Waals surface area contributed by atoms with Gasteiger partial charge in [-0.3, -0.25) is 5.32 Å². The first-order valence-corrected chi connectivity index (χ1v) is 8.77. The quantitative estimate of drug-likeness (QED) is 0.747. The highest BCUT2D eigenvalue weighted by atomic mass is 19.3. The van der Waals surface area contributed by atoms with Crippen LogP contribution < -0.4 is 11.1 Å². The predicted octanol–water partition coefficient (Wildman–Crippen LogP) is 4.01. The maximum absolute atomic E-state index is 12.2. The molecule has 1 aliphatic carbocycles. The fourth-order valence-electron chi connectivity index (χ4n) is 2.86. The Kier molecular flexibility index (Phi) is 7.17. The maximum Gasteiger partial charge on any atom is 0.409 e. The Morgan fingerprint density at radius 2 is 1.92 bits per heavy atom. The number of nitrogens with zero attached hydrogens (tertiary/aromatic N) is 1. The molecule has 6 nitrogen and oxygen atoms in total. The van der Waals surface area contributed by atoms with Gasteiger partial charge in [0.1, 0.15) is 6.61 Å². The molecule has 4 N–H and O–H groups in total. The number of benzene rings is 1. The first-order valence-electron chi connectivity index (χ1n) is 8.77. The molecule has 1 fully saturated rings. The molecule has 3 rings (SSSR count). The first kappa shape index (κ1) is 19.9. The van der Waals surface area contributed by atoms with E-state index in [1.165, 1.54) is 0 Å². The maximum atomic E-state index is 12.2. The minimum atomic E-state index is -2.32. The number of carbonyl (C=O) groups is 1. The molecule has 1 amide bonds. The van der Waals surface area contributed by atoms with E-state index in [4.69, 9.17) is 15.6 Å². The Hall–Kier alpha value is -2.38. The van der Waals surface area contributed by atoms with Crippen molar-refractivity contribution in [3.8, 4) is 0 Å². The smallest absolute Gasteiger partial charge is 0.409 e. The molecule has 1 saturated carbocycles. The first-order chi connectivity index (χ1) is 12.3. The van der Waals surface area contributed by atoms with Gasteiger partial charge in [-0.1, -0.05) is 18.6 Å². The summed E-state index contributed by atoms with van der Waals surface area (Å²) in [5.41, 5.74) is 7.12. The highest BCUT2D eigenvalue weighted by Gasteiger charge is 2.30. The summed E-state index contributed by atoms with van der Waals surface area (Å²) in [6.07, 6.45) is 3.33. The van der Waals surface area contributed by atoms with E-state index in [0.717, 1.165) is 24.8 Å². The van der Waals surface area contributed by atoms with Crippen molar-refractivity contribution in [3.63, 3.8) is 0 Å². The normalized spacial score (nSPS) is 21.0. The van der Waals surface area contributed by atoms with Crippen LogP contribution in [0.5, 0.6) is 0 Å². The second-order valence-electron chi connectivity index (χ2n) is 6.51. The van der Waals surface area contributed by atoms with Crippen molar-refractivity contribution >= 4 is 17.8 Å². The number of nitrogens with two attached hydrogens (primary N) is 1. The number of rotatable bonds is 4. The zero-order valence-corrected chi connectivity index (χ0v) is 14.6. The lowest BCUT2D eigenvalue weighted by Gasteiger charge is -2.20. The summed E-state index contributed by atoms with van der Waals surface area (Å²) >= 11 is 0. The van der Waals surface area contributed by atoms with Crippen molar-refractivity contribution < 1.29 is 23.4 Å². The molecular weight excluding hydrogens is 344 g/mol. The Morgan fingerprint density at radius 3 is 2.38 bits per heavy atom. The van der Waals surface area contributed by atoms with Crippen LogP contribution in [0, 0.1) is 0 Å². The molecule has 0 bridgehead atoms. The van der Waals surface area contributed by atoms with Crippen molar-refractivity contribution in [2.45, 2.75) is 56.9 Å². The number of hydrogen-bond donors (Lipinski definition) is 3. The number of aryl methyl sites for hydroxylation is 1. The highest BCUT2D eigenvalue weighted by Crippen LogP contribution is 2.32. The van der Waals surface area contributed by atoms with Crippen LogP contribution in [0.2, 0.25) is 0 Å². The van der Waals surface area contributed by atoms with E-state index < -0.39 is 12.0 Å². The van der Waals surface area contributed by atoms with Crippen molar-refractivity contribution in [3.05, 3.63) is 29.8 Å². The second kappa shape index (κ2) is 9.35. The third kappa shape index (κ3) is 7.25. The monoisotopic (exact) mass is 369 g/mol. The average molecular weight is 369 g/mol. The zero-order chi connectivity index (χ0) is 19.0. The SMILES string of the molecule is FC1(F)CCCCC1.NC1=N[C@@H](CCc2ccc(NC(=O)O)cc2)CO1. The fraction of sp³-hybridized carbons (Fsp3) is 0.556. The van der Waals surface area contributed by atoms with Gasteiger partial charge in [0, 0.05) is 18.5 Å². The summed E-state index contributed by atoms with van der Waals surface area (Å²) in [7, 11) is 0.